The van der Waals surface area contributed by atoms with Crippen molar-refractivity contribution in [2.45, 2.75) is 13.5 Å². The summed E-state index contributed by atoms with van der Waals surface area (Å²) in [5, 5.41) is 14.8. The molecule has 0 radical (unpaired) electrons. The van der Waals surface area contributed by atoms with Gasteiger partial charge in [-0.3, -0.25) is 14.9 Å². The lowest BCUT2D eigenvalue weighted by molar-refractivity contribution is -0.385. The van der Waals surface area contributed by atoms with E-state index in [0.29, 0.717) is 22.7 Å². The van der Waals surface area contributed by atoms with Crippen LogP contribution >= 0.6 is 0 Å². The van der Waals surface area contributed by atoms with Gasteiger partial charge in [0, 0.05) is 29.8 Å². The first kappa shape index (κ1) is 19.0. The molecule has 2 aromatic carbocycles. The van der Waals surface area contributed by atoms with Crippen molar-refractivity contribution in [3.05, 3.63) is 69.6 Å². The van der Waals surface area contributed by atoms with E-state index in [9.17, 15) is 14.9 Å². The van der Waals surface area contributed by atoms with E-state index < -0.39 is 4.92 Å². The molecule has 1 aromatic heterocycles. The molecule has 9 heteroatoms. The molecule has 3 rings (SSSR count). The zero-order valence-electron chi connectivity index (χ0n) is 15.6. The van der Waals surface area contributed by atoms with Crippen LogP contribution in [0.15, 0.2) is 47.0 Å². The lowest BCUT2D eigenvalue weighted by atomic mass is 10.1. The van der Waals surface area contributed by atoms with Crippen LogP contribution in [0.5, 0.6) is 5.75 Å². The Morgan fingerprint density at radius 1 is 1.29 bits per heavy atom. The Morgan fingerprint density at radius 2 is 2.07 bits per heavy atom. The van der Waals surface area contributed by atoms with Crippen molar-refractivity contribution in [3.8, 4) is 17.1 Å². The van der Waals surface area contributed by atoms with E-state index in [4.69, 9.17) is 9.26 Å². The Labute approximate surface area is 160 Å². The zero-order valence-corrected chi connectivity index (χ0v) is 15.6. The maximum absolute atomic E-state index is 12.6. The highest BCUT2D eigenvalue weighted by atomic mass is 16.6. The van der Waals surface area contributed by atoms with Gasteiger partial charge in [0.05, 0.1) is 18.6 Å². The highest BCUT2D eigenvalue weighted by Crippen LogP contribution is 2.22. The number of amides is 1. The molecule has 0 N–H and O–H groups in total. The summed E-state index contributed by atoms with van der Waals surface area (Å²) in [5.41, 5.74) is 1.47. The van der Waals surface area contributed by atoms with Crippen molar-refractivity contribution in [1.29, 1.82) is 0 Å². The fourth-order valence-corrected chi connectivity index (χ4v) is 2.69. The second-order valence-electron chi connectivity index (χ2n) is 6.16. The molecule has 144 valence electrons. The average molecular weight is 382 g/mol. The molecule has 28 heavy (non-hydrogen) atoms. The first-order valence-electron chi connectivity index (χ1n) is 8.36. The highest BCUT2D eigenvalue weighted by Gasteiger charge is 2.19. The van der Waals surface area contributed by atoms with E-state index in [2.05, 4.69) is 10.1 Å². The number of nitro benzene ring substituents is 1. The molecule has 0 aliphatic carbocycles. The lowest BCUT2D eigenvalue weighted by Gasteiger charge is -2.15. The smallest absolute Gasteiger partial charge is 0.272 e. The van der Waals surface area contributed by atoms with Crippen LogP contribution in [0, 0.1) is 17.0 Å². The third kappa shape index (κ3) is 3.98. The maximum atomic E-state index is 12.6. The number of benzene rings is 2. The summed E-state index contributed by atoms with van der Waals surface area (Å²) in [5.74, 6) is 1.03. The number of aromatic nitrogens is 2. The number of carbonyl (C=O) groups is 1. The van der Waals surface area contributed by atoms with Crippen molar-refractivity contribution in [2.75, 3.05) is 14.2 Å². The molecule has 0 bridgehead atoms. The van der Waals surface area contributed by atoms with Crippen molar-refractivity contribution in [3.63, 3.8) is 0 Å². The molecule has 0 unspecified atom stereocenters. The highest BCUT2D eigenvalue weighted by molar-refractivity contribution is 5.94. The zero-order chi connectivity index (χ0) is 20.3. The minimum atomic E-state index is -0.480. The topological polar surface area (TPSA) is 112 Å². The van der Waals surface area contributed by atoms with Crippen LogP contribution in [0.1, 0.15) is 21.8 Å². The summed E-state index contributed by atoms with van der Waals surface area (Å²) in [6.45, 7) is 1.69. The van der Waals surface area contributed by atoms with E-state index >= 15 is 0 Å². The van der Waals surface area contributed by atoms with Gasteiger partial charge in [0.1, 0.15) is 5.75 Å². The molecule has 0 saturated heterocycles. The number of nitro groups is 1. The molecule has 9 nitrogen and oxygen atoms in total. The molecule has 0 fully saturated rings. The molecular weight excluding hydrogens is 364 g/mol. The fraction of sp³-hybridized carbons (Fsp3) is 0.211. The molecule has 0 aliphatic heterocycles. The van der Waals surface area contributed by atoms with Crippen LogP contribution in [0.3, 0.4) is 0 Å². The SMILES string of the molecule is COc1cccc(-c2noc(CN(C)C(=O)c3ccc([N+](=O)[O-])c(C)c3)n2)c1. The monoisotopic (exact) mass is 382 g/mol. The number of ether oxygens (including phenoxy) is 1. The Morgan fingerprint density at radius 3 is 2.75 bits per heavy atom. The predicted octanol–water partition coefficient (Wildman–Crippen LogP) is 3.23. The molecule has 0 atom stereocenters. The van der Waals surface area contributed by atoms with E-state index in [-0.39, 0.29) is 24.0 Å². The van der Waals surface area contributed by atoms with Crippen LogP contribution in [0.25, 0.3) is 11.4 Å². The van der Waals surface area contributed by atoms with Crippen molar-refractivity contribution in [2.24, 2.45) is 0 Å². The number of rotatable bonds is 6. The summed E-state index contributed by atoms with van der Waals surface area (Å²) in [4.78, 5) is 28.7. The summed E-state index contributed by atoms with van der Waals surface area (Å²) in [6.07, 6.45) is 0. The largest absolute Gasteiger partial charge is 0.497 e. The maximum Gasteiger partial charge on any atom is 0.272 e. The van der Waals surface area contributed by atoms with Crippen molar-refractivity contribution >= 4 is 11.6 Å². The van der Waals surface area contributed by atoms with Crippen LogP contribution in [0.4, 0.5) is 5.69 Å². The molecule has 0 spiro atoms. The van der Waals surface area contributed by atoms with Crippen molar-refractivity contribution < 1.29 is 19.0 Å². The summed E-state index contributed by atoms with van der Waals surface area (Å²) in [7, 11) is 3.16. The second kappa shape index (κ2) is 7.87. The van der Waals surface area contributed by atoms with Crippen LogP contribution in [0.2, 0.25) is 0 Å². The Kier molecular flexibility index (Phi) is 5.35. The standard InChI is InChI=1S/C19H18N4O5/c1-12-9-14(7-8-16(12)23(25)26)19(24)22(2)11-17-20-18(21-28-17)13-5-4-6-15(10-13)27-3/h4-10H,11H2,1-3H3. The minimum Gasteiger partial charge on any atom is -0.497 e. The number of carbonyl (C=O) groups excluding carboxylic acids is 1. The van der Waals surface area contributed by atoms with Crippen LogP contribution in [-0.4, -0.2) is 40.0 Å². The van der Waals surface area contributed by atoms with Gasteiger partial charge in [0.2, 0.25) is 11.7 Å². The van der Waals surface area contributed by atoms with Gasteiger partial charge in [-0.05, 0) is 31.2 Å². The third-order valence-electron chi connectivity index (χ3n) is 4.16. The molecule has 0 aliphatic rings. The first-order valence-corrected chi connectivity index (χ1v) is 8.36. The Bertz CT molecular complexity index is 1030. The normalized spacial score (nSPS) is 10.5. The lowest BCUT2D eigenvalue weighted by Crippen LogP contribution is -2.26. The summed E-state index contributed by atoms with van der Waals surface area (Å²) >= 11 is 0. The Balaban J connectivity index is 1.73. The van der Waals surface area contributed by atoms with E-state index in [1.807, 2.05) is 18.2 Å². The molecule has 0 saturated carbocycles. The predicted molar refractivity (Wildman–Crippen MR) is 99.9 cm³/mol. The molecule has 1 amide bonds. The number of hydrogen-bond acceptors (Lipinski definition) is 7. The number of nitrogens with zero attached hydrogens (tertiary/aromatic N) is 4. The van der Waals surface area contributed by atoms with Crippen molar-refractivity contribution in [1.82, 2.24) is 15.0 Å². The van der Waals surface area contributed by atoms with Crippen LogP contribution < -0.4 is 4.74 Å². The van der Waals surface area contributed by atoms with Gasteiger partial charge < -0.3 is 14.2 Å². The van der Waals surface area contributed by atoms with Crippen LogP contribution in [-0.2, 0) is 6.54 Å². The molecule has 3 aromatic rings. The minimum absolute atomic E-state index is 0.0287. The average Bonchev–Trinajstić information content (AvgIpc) is 3.15. The van der Waals surface area contributed by atoms with Gasteiger partial charge in [0.25, 0.3) is 11.6 Å². The number of hydrogen-bond donors (Lipinski definition) is 0. The van der Waals surface area contributed by atoms with E-state index in [0.717, 1.165) is 5.56 Å². The quantitative estimate of drug-likeness (QED) is 0.475. The van der Waals surface area contributed by atoms with Gasteiger partial charge in [-0.1, -0.05) is 17.3 Å². The molecular formula is C19H18N4O5. The van der Waals surface area contributed by atoms with E-state index in [1.54, 1.807) is 27.1 Å². The Hall–Kier alpha value is -3.75. The third-order valence-corrected chi connectivity index (χ3v) is 4.16. The van der Waals surface area contributed by atoms with Gasteiger partial charge >= 0.3 is 0 Å². The number of methoxy groups -OCH3 is 1. The second-order valence-corrected chi connectivity index (χ2v) is 6.16. The van der Waals surface area contributed by atoms with Gasteiger partial charge in [-0.25, -0.2) is 0 Å². The van der Waals surface area contributed by atoms with Gasteiger partial charge in [-0.15, -0.1) is 0 Å². The van der Waals surface area contributed by atoms with E-state index in [1.165, 1.54) is 23.1 Å². The van der Waals surface area contributed by atoms with Gasteiger partial charge in [0.15, 0.2) is 0 Å². The summed E-state index contributed by atoms with van der Waals surface area (Å²) in [6, 6.07) is 11.5. The van der Waals surface area contributed by atoms with Gasteiger partial charge in [-0.2, -0.15) is 4.98 Å². The fourth-order valence-electron chi connectivity index (χ4n) is 2.69. The number of aryl methyl sites for hydroxylation is 1. The molecule has 1 heterocycles. The summed E-state index contributed by atoms with van der Waals surface area (Å²) < 4.78 is 10.4. The first-order chi connectivity index (χ1) is 13.4.